The predicted octanol–water partition coefficient (Wildman–Crippen LogP) is 8.53. The highest BCUT2D eigenvalue weighted by atomic mass is 19.1. The van der Waals surface area contributed by atoms with Crippen molar-refractivity contribution in [2.45, 2.75) is 0 Å². The summed E-state index contributed by atoms with van der Waals surface area (Å²) in [5, 5.41) is 3.53. The summed E-state index contributed by atoms with van der Waals surface area (Å²) in [6, 6.07) is 40.5. The molecule has 0 aliphatic rings. The fourth-order valence-electron chi connectivity index (χ4n) is 4.31. The average molecular weight is 426 g/mol. The van der Waals surface area contributed by atoms with E-state index in [-0.39, 0.29) is 5.82 Å². The molecule has 0 unspecified atom stereocenters. The molecule has 0 atom stereocenters. The van der Waals surface area contributed by atoms with Crippen molar-refractivity contribution in [2.24, 2.45) is 0 Å². The second kappa shape index (κ2) is 7.99. The van der Waals surface area contributed by atoms with Gasteiger partial charge in [-0.15, -0.1) is 0 Å². The second-order valence-electron chi connectivity index (χ2n) is 8.25. The molecule has 5 aromatic carbocycles. The van der Waals surface area contributed by atoms with Gasteiger partial charge in [-0.1, -0.05) is 84.9 Å². The number of halogens is 1. The standard InChI is InChI=1S/C31H20FN/c32-29-16-13-22(14-17-29)21-5-7-23(8-6-21)25-9-10-27-20-28(12-11-26(27)19-25)31-18-15-24-3-1-2-4-30(24)33-31/h1-20H. The fraction of sp³-hybridized carbons (Fsp3) is 0. The van der Waals surface area contributed by atoms with Gasteiger partial charge in [-0.25, -0.2) is 9.37 Å². The van der Waals surface area contributed by atoms with Crippen LogP contribution < -0.4 is 0 Å². The van der Waals surface area contributed by atoms with Gasteiger partial charge in [-0.05, 0) is 69.4 Å². The van der Waals surface area contributed by atoms with Gasteiger partial charge in [-0.2, -0.15) is 0 Å². The zero-order valence-corrected chi connectivity index (χ0v) is 17.9. The van der Waals surface area contributed by atoms with Crippen LogP contribution in [0.2, 0.25) is 0 Å². The van der Waals surface area contributed by atoms with E-state index in [9.17, 15) is 4.39 Å². The Kier molecular flexibility index (Phi) is 4.70. The zero-order chi connectivity index (χ0) is 22.2. The molecular formula is C31H20FN. The molecule has 1 nitrogen and oxygen atoms in total. The molecule has 156 valence electrons. The average Bonchev–Trinajstić information content (AvgIpc) is 2.88. The summed E-state index contributed by atoms with van der Waals surface area (Å²) in [4.78, 5) is 4.83. The number of fused-ring (bicyclic) bond motifs is 2. The van der Waals surface area contributed by atoms with Gasteiger partial charge < -0.3 is 0 Å². The fourth-order valence-corrected chi connectivity index (χ4v) is 4.31. The first-order valence-electron chi connectivity index (χ1n) is 11.0. The topological polar surface area (TPSA) is 12.9 Å². The molecule has 0 radical (unpaired) electrons. The van der Waals surface area contributed by atoms with Crippen molar-refractivity contribution in [3.63, 3.8) is 0 Å². The highest BCUT2D eigenvalue weighted by Gasteiger charge is 2.06. The minimum Gasteiger partial charge on any atom is -0.248 e. The van der Waals surface area contributed by atoms with E-state index in [0.717, 1.165) is 38.9 Å². The summed E-state index contributed by atoms with van der Waals surface area (Å²) in [6.45, 7) is 0. The number of pyridine rings is 1. The molecule has 0 saturated carbocycles. The van der Waals surface area contributed by atoms with Crippen LogP contribution in [0.4, 0.5) is 4.39 Å². The molecule has 0 N–H and O–H groups in total. The Bertz CT molecular complexity index is 1600. The van der Waals surface area contributed by atoms with E-state index in [2.05, 4.69) is 78.9 Å². The summed E-state index contributed by atoms with van der Waals surface area (Å²) in [5.41, 5.74) is 7.52. The molecule has 0 saturated heterocycles. The van der Waals surface area contributed by atoms with Gasteiger partial charge in [0.1, 0.15) is 5.82 Å². The van der Waals surface area contributed by atoms with E-state index in [0.29, 0.717) is 0 Å². The Balaban J connectivity index is 1.31. The highest BCUT2D eigenvalue weighted by molar-refractivity contribution is 5.91. The summed E-state index contributed by atoms with van der Waals surface area (Å²) in [5.74, 6) is -0.217. The van der Waals surface area contributed by atoms with Gasteiger partial charge in [0, 0.05) is 10.9 Å². The quantitative estimate of drug-likeness (QED) is 0.277. The van der Waals surface area contributed by atoms with Crippen molar-refractivity contribution in [3.8, 4) is 33.5 Å². The van der Waals surface area contributed by atoms with Crippen LogP contribution in [0.1, 0.15) is 0 Å². The molecule has 0 aliphatic heterocycles. The van der Waals surface area contributed by atoms with E-state index >= 15 is 0 Å². The van der Waals surface area contributed by atoms with Crippen LogP contribution in [0.5, 0.6) is 0 Å². The lowest BCUT2D eigenvalue weighted by molar-refractivity contribution is 0.628. The monoisotopic (exact) mass is 425 g/mol. The molecule has 0 bridgehead atoms. The van der Waals surface area contributed by atoms with Gasteiger partial charge >= 0.3 is 0 Å². The molecule has 2 heteroatoms. The van der Waals surface area contributed by atoms with E-state index in [1.165, 1.54) is 28.5 Å². The van der Waals surface area contributed by atoms with Gasteiger partial charge in [-0.3, -0.25) is 0 Å². The number of rotatable bonds is 3. The van der Waals surface area contributed by atoms with Crippen molar-refractivity contribution >= 4 is 21.7 Å². The lowest BCUT2D eigenvalue weighted by Gasteiger charge is -2.08. The van der Waals surface area contributed by atoms with E-state index in [4.69, 9.17) is 4.98 Å². The molecule has 0 fully saturated rings. The first kappa shape index (κ1) is 19.4. The van der Waals surface area contributed by atoms with E-state index in [1.807, 2.05) is 30.3 Å². The molecule has 33 heavy (non-hydrogen) atoms. The lowest BCUT2D eigenvalue weighted by atomic mass is 9.97. The van der Waals surface area contributed by atoms with Crippen molar-refractivity contribution in [3.05, 3.63) is 127 Å². The Morgan fingerprint density at radius 3 is 1.67 bits per heavy atom. The number of aromatic nitrogens is 1. The number of hydrogen-bond acceptors (Lipinski definition) is 1. The third kappa shape index (κ3) is 3.77. The molecule has 0 amide bonds. The van der Waals surface area contributed by atoms with Gasteiger partial charge in [0.05, 0.1) is 11.2 Å². The van der Waals surface area contributed by atoms with Crippen molar-refractivity contribution in [1.82, 2.24) is 4.98 Å². The Morgan fingerprint density at radius 1 is 0.424 bits per heavy atom. The maximum atomic E-state index is 13.2. The second-order valence-corrected chi connectivity index (χ2v) is 8.25. The molecule has 6 rings (SSSR count). The number of para-hydroxylation sites is 1. The van der Waals surface area contributed by atoms with Crippen molar-refractivity contribution in [1.29, 1.82) is 0 Å². The van der Waals surface area contributed by atoms with Crippen LogP contribution in [0.15, 0.2) is 121 Å². The molecule has 0 spiro atoms. The van der Waals surface area contributed by atoms with Crippen LogP contribution in [0.25, 0.3) is 55.2 Å². The zero-order valence-electron chi connectivity index (χ0n) is 17.9. The summed E-state index contributed by atoms with van der Waals surface area (Å²) >= 11 is 0. The van der Waals surface area contributed by atoms with Crippen LogP contribution in [-0.4, -0.2) is 4.98 Å². The highest BCUT2D eigenvalue weighted by Crippen LogP contribution is 2.30. The number of nitrogens with zero attached hydrogens (tertiary/aromatic N) is 1. The smallest absolute Gasteiger partial charge is 0.123 e. The number of hydrogen-bond donors (Lipinski definition) is 0. The predicted molar refractivity (Wildman–Crippen MR) is 136 cm³/mol. The minimum absolute atomic E-state index is 0.217. The van der Waals surface area contributed by atoms with E-state index in [1.54, 1.807) is 0 Å². The van der Waals surface area contributed by atoms with Crippen LogP contribution in [0, 0.1) is 5.82 Å². The van der Waals surface area contributed by atoms with Crippen molar-refractivity contribution < 1.29 is 4.39 Å². The first-order chi connectivity index (χ1) is 16.2. The SMILES string of the molecule is Fc1ccc(-c2ccc(-c3ccc4cc(-c5ccc6ccccc6n5)ccc4c3)cc2)cc1. The molecule has 0 aliphatic carbocycles. The van der Waals surface area contributed by atoms with Gasteiger partial charge in [0.15, 0.2) is 0 Å². The van der Waals surface area contributed by atoms with Crippen molar-refractivity contribution in [2.75, 3.05) is 0 Å². The third-order valence-corrected chi connectivity index (χ3v) is 6.13. The molecule has 6 aromatic rings. The maximum Gasteiger partial charge on any atom is 0.123 e. The van der Waals surface area contributed by atoms with Gasteiger partial charge in [0.25, 0.3) is 0 Å². The Hall–Kier alpha value is -4.30. The Labute approximate surface area is 191 Å². The Morgan fingerprint density at radius 2 is 0.939 bits per heavy atom. The summed E-state index contributed by atoms with van der Waals surface area (Å²) < 4.78 is 13.2. The third-order valence-electron chi connectivity index (χ3n) is 6.13. The van der Waals surface area contributed by atoms with Gasteiger partial charge in [0.2, 0.25) is 0 Å². The molecule has 1 aromatic heterocycles. The molecule has 1 heterocycles. The normalized spacial score (nSPS) is 11.2. The summed E-state index contributed by atoms with van der Waals surface area (Å²) in [7, 11) is 0. The van der Waals surface area contributed by atoms with E-state index < -0.39 is 0 Å². The maximum absolute atomic E-state index is 13.2. The summed E-state index contributed by atoms with van der Waals surface area (Å²) in [6.07, 6.45) is 0. The minimum atomic E-state index is -0.217. The van der Waals surface area contributed by atoms with Crippen LogP contribution in [0.3, 0.4) is 0 Å². The largest absolute Gasteiger partial charge is 0.248 e. The van der Waals surface area contributed by atoms with Crippen LogP contribution >= 0.6 is 0 Å². The van der Waals surface area contributed by atoms with Crippen LogP contribution in [-0.2, 0) is 0 Å². The lowest BCUT2D eigenvalue weighted by Crippen LogP contribution is -1.86. The first-order valence-corrected chi connectivity index (χ1v) is 11.0. The molecular weight excluding hydrogens is 405 g/mol. The number of benzene rings is 5.